The summed E-state index contributed by atoms with van der Waals surface area (Å²) >= 11 is 0. The normalized spacial score (nSPS) is 11.7. The van der Waals surface area contributed by atoms with Gasteiger partial charge in [0.1, 0.15) is 8.07 Å². The monoisotopic (exact) mass is 501 g/mol. The maximum absolute atomic E-state index is 13.1. The van der Waals surface area contributed by atoms with E-state index in [2.05, 4.69) is 23.4 Å². The summed E-state index contributed by atoms with van der Waals surface area (Å²) in [5.41, 5.74) is 5.08. The highest BCUT2D eigenvalue weighted by molar-refractivity contribution is 7.91. The van der Waals surface area contributed by atoms with E-state index in [1.165, 1.54) is 0 Å². The van der Waals surface area contributed by atoms with E-state index in [9.17, 15) is 16.8 Å². The van der Waals surface area contributed by atoms with E-state index < -0.39 is 27.9 Å². The number of sulfone groups is 1. The van der Waals surface area contributed by atoms with Gasteiger partial charge in [0, 0.05) is 18.9 Å². The number of nitrogens with zero attached hydrogens (tertiary/aromatic N) is 1. The molecular weight excluding hydrogens is 470 g/mol. The van der Waals surface area contributed by atoms with Crippen molar-refractivity contribution in [3.63, 3.8) is 0 Å². The number of rotatable bonds is 7. The molecule has 0 aliphatic heterocycles. The van der Waals surface area contributed by atoms with Crippen molar-refractivity contribution in [2.75, 3.05) is 12.3 Å². The van der Waals surface area contributed by atoms with Crippen LogP contribution in [0.2, 0.25) is 19.6 Å². The molecule has 0 heterocycles. The molecule has 0 amide bonds. The van der Waals surface area contributed by atoms with Crippen LogP contribution in [0, 0.1) is 37.3 Å². The molecule has 0 fully saturated rings. The van der Waals surface area contributed by atoms with E-state index in [0.717, 1.165) is 15.4 Å². The molecule has 0 spiro atoms. The Kier molecular flexibility index (Phi) is 8.96. The number of benzene rings is 2. The Hall–Kier alpha value is -2.52. The molecule has 2 aromatic carbocycles. The first-order chi connectivity index (χ1) is 15.3. The summed E-state index contributed by atoms with van der Waals surface area (Å²) in [6.07, 6.45) is 0.442. The van der Waals surface area contributed by atoms with Gasteiger partial charge in [-0.1, -0.05) is 55.0 Å². The van der Waals surface area contributed by atoms with Crippen LogP contribution in [-0.2, 0) is 19.9 Å². The van der Waals surface area contributed by atoms with Crippen LogP contribution < -0.4 is 0 Å². The molecule has 0 N–H and O–H groups in total. The van der Waals surface area contributed by atoms with Crippen LogP contribution >= 0.6 is 0 Å². The SMILES string of the molecule is Cc1ccc(S(=O)(=O)CCC#CCCN(C#C[Si](C)(C)C)S(=O)(=O)c2ccc(C)cc2)cc1. The highest BCUT2D eigenvalue weighted by Crippen LogP contribution is 2.17. The molecule has 0 aliphatic carbocycles. The number of hydrogen-bond donors (Lipinski definition) is 0. The van der Waals surface area contributed by atoms with Gasteiger partial charge >= 0.3 is 0 Å². The lowest BCUT2D eigenvalue weighted by atomic mass is 10.2. The Morgan fingerprint density at radius 2 is 1.24 bits per heavy atom. The molecule has 2 aromatic rings. The molecule has 2 rings (SSSR count). The average molecular weight is 502 g/mol. The number of hydrogen-bond acceptors (Lipinski definition) is 4. The average Bonchev–Trinajstić information content (AvgIpc) is 2.72. The number of sulfonamides is 1. The fourth-order valence-corrected chi connectivity index (χ4v) is 5.63. The molecule has 8 heteroatoms. The topological polar surface area (TPSA) is 71.5 Å². The summed E-state index contributed by atoms with van der Waals surface area (Å²) in [6, 6.07) is 16.3. The van der Waals surface area contributed by atoms with Gasteiger partial charge in [-0.25, -0.2) is 21.1 Å². The molecule has 0 bridgehead atoms. The minimum atomic E-state index is -3.78. The lowest BCUT2D eigenvalue weighted by Gasteiger charge is -2.18. The largest absolute Gasteiger partial charge is 0.270 e. The fourth-order valence-electron chi connectivity index (χ4n) is 2.69. The van der Waals surface area contributed by atoms with Gasteiger partial charge in [0.15, 0.2) is 9.84 Å². The van der Waals surface area contributed by atoms with Gasteiger partial charge in [-0.3, -0.25) is 0 Å². The molecular formula is C25H31NO4S2Si. The summed E-state index contributed by atoms with van der Waals surface area (Å²) in [5, 5.41) is 0. The van der Waals surface area contributed by atoms with Crippen LogP contribution in [0.25, 0.3) is 0 Å². The second-order valence-electron chi connectivity index (χ2n) is 8.86. The van der Waals surface area contributed by atoms with Crippen LogP contribution in [-0.4, -0.2) is 41.5 Å². The van der Waals surface area contributed by atoms with Crippen LogP contribution in [0.3, 0.4) is 0 Å². The third kappa shape index (κ3) is 8.40. The Balaban J connectivity index is 2.08. The van der Waals surface area contributed by atoms with Crippen molar-refractivity contribution in [1.82, 2.24) is 4.31 Å². The lowest BCUT2D eigenvalue weighted by molar-refractivity contribution is 0.516. The molecule has 33 heavy (non-hydrogen) atoms. The van der Waals surface area contributed by atoms with Crippen molar-refractivity contribution >= 4 is 27.9 Å². The van der Waals surface area contributed by atoms with Crippen LogP contribution in [0.5, 0.6) is 0 Å². The van der Waals surface area contributed by atoms with Crippen molar-refractivity contribution in [2.24, 2.45) is 0 Å². The van der Waals surface area contributed by atoms with Crippen LogP contribution in [0.4, 0.5) is 0 Å². The predicted octanol–water partition coefficient (Wildman–Crippen LogP) is 4.39. The molecule has 0 radical (unpaired) electrons. The van der Waals surface area contributed by atoms with E-state index in [0.29, 0.717) is 0 Å². The molecule has 176 valence electrons. The Labute approximate surface area is 200 Å². The van der Waals surface area contributed by atoms with Crippen molar-refractivity contribution in [3.8, 4) is 23.4 Å². The lowest BCUT2D eigenvalue weighted by Crippen LogP contribution is -2.29. The first-order valence-corrected chi connectivity index (χ1v) is 17.3. The zero-order chi connectivity index (χ0) is 24.7. The standard InChI is InChI=1S/C25H31NO4S2Si/c1-22-10-14-24(15-11-22)31(27,28)20-9-7-6-8-18-26(19-21-33(3,4)5)32(29,30)25-16-12-23(2)13-17-25/h10-17H,8-9,18,20H2,1-5H3. The van der Waals surface area contributed by atoms with E-state index >= 15 is 0 Å². The Bertz CT molecular complexity index is 1290. The maximum atomic E-state index is 13.1. The molecule has 5 nitrogen and oxygen atoms in total. The Morgan fingerprint density at radius 3 is 1.76 bits per heavy atom. The van der Waals surface area contributed by atoms with Crippen molar-refractivity contribution in [1.29, 1.82) is 0 Å². The van der Waals surface area contributed by atoms with Gasteiger partial charge in [-0.2, -0.15) is 0 Å². The van der Waals surface area contributed by atoms with E-state index in [-0.39, 0.29) is 34.9 Å². The van der Waals surface area contributed by atoms with Gasteiger partial charge in [0.25, 0.3) is 10.0 Å². The number of aryl methyl sites for hydroxylation is 2. The predicted molar refractivity (Wildman–Crippen MR) is 136 cm³/mol. The maximum Gasteiger partial charge on any atom is 0.270 e. The van der Waals surface area contributed by atoms with Gasteiger partial charge in [0.2, 0.25) is 0 Å². The van der Waals surface area contributed by atoms with Gasteiger partial charge < -0.3 is 0 Å². The first-order valence-electron chi connectivity index (χ1n) is 10.7. The Morgan fingerprint density at radius 1 is 0.758 bits per heavy atom. The fraction of sp³-hybridized carbons (Fsp3) is 0.360. The van der Waals surface area contributed by atoms with Crippen LogP contribution in [0.1, 0.15) is 24.0 Å². The summed E-state index contributed by atoms with van der Waals surface area (Å²) in [7, 11) is -8.97. The summed E-state index contributed by atoms with van der Waals surface area (Å²) in [4.78, 5) is 0.474. The molecule has 0 aliphatic rings. The van der Waals surface area contributed by atoms with E-state index in [1.54, 1.807) is 48.5 Å². The summed E-state index contributed by atoms with van der Waals surface area (Å²) in [5.74, 6) is 5.68. The van der Waals surface area contributed by atoms with Crippen LogP contribution in [0.15, 0.2) is 58.3 Å². The van der Waals surface area contributed by atoms with E-state index in [1.807, 2.05) is 33.5 Å². The third-order valence-electron chi connectivity index (χ3n) is 4.61. The van der Waals surface area contributed by atoms with E-state index in [4.69, 9.17) is 0 Å². The summed E-state index contributed by atoms with van der Waals surface area (Å²) < 4.78 is 52.2. The second-order valence-corrected chi connectivity index (χ2v) is 17.6. The van der Waals surface area contributed by atoms with Crippen molar-refractivity contribution in [3.05, 3.63) is 59.7 Å². The first kappa shape index (κ1) is 26.7. The zero-order valence-electron chi connectivity index (χ0n) is 19.8. The van der Waals surface area contributed by atoms with Gasteiger partial charge in [-0.05, 0) is 38.1 Å². The molecule has 0 aromatic heterocycles. The zero-order valence-corrected chi connectivity index (χ0v) is 22.5. The highest BCUT2D eigenvalue weighted by atomic mass is 32.2. The molecule has 0 saturated heterocycles. The molecule has 0 saturated carbocycles. The summed E-state index contributed by atoms with van der Waals surface area (Å²) in [6.45, 7) is 10.1. The second kappa shape index (κ2) is 11.1. The quantitative estimate of drug-likeness (QED) is 0.320. The minimum absolute atomic E-state index is 0.0795. The molecule has 0 unspecified atom stereocenters. The van der Waals surface area contributed by atoms with Gasteiger partial charge in [0.05, 0.1) is 22.1 Å². The smallest absolute Gasteiger partial charge is 0.224 e. The minimum Gasteiger partial charge on any atom is -0.224 e. The van der Waals surface area contributed by atoms with Crippen molar-refractivity contribution in [2.45, 2.75) is 56.1 Å². The third-order valence-corrected chi connectivity index (χ3v) is 8.92. The molecule has 0 atom stereocenters. The van der Waals surface area contributed by atoms with Gasteiger partial charge in [-0.15, -0.1) is 17.4 Å². The van der Waals surface area contributed by atoms with Crippen molar-refractivity contribution < 1.29 is 16.8 Å². The highest BCUT2D eigenvalue weighted by Gasteiger charge is 2.22.